The van der Waals surface area contributed by atoms with Crippen molar-refractivity contribution in [2.24, 2.45) is 0 Å². The van der Waals surface area contributed by atoms with Gasteiger partial charge in [0, 0.05) is 13.2 Å². The van der Waals surface area contributed by atoms with Crippen LogP contribution in [0.25, 0.3) is 0 Å². The molecule has 0 aromatic heterocycles. The number of methoxy groups -OCH3 is 1. The first kappa shape index (κ1) is 14.1. The van der Waals surface area contributed by atoms with Gasteiger partial charge in [0.2, 0.25) is 11.8 Å². The summed E-state index contributed by atoms with van der Waals surface area (Å²) in [5.74, 6) is -0.114. The van der Waals surface area contributed by atoms with Gasteiger partial charge in [-0.15, -0.1) is 0 Å². The molecule has 1 N–H and O–H groups in total. The minimum atomic E-state index is -0.530. The molecule has 0 radical (unpaired) electrons. The number of amides is 2. The first-order chi connectivity index (χ1) is 10.1. The van der Waals surface area contributed by atoms with Gasteiger partial charge in [-0.25, -0.2) is 0 Å². The summed E-state index contributed by atoms with van der Waals surface area (Å²) in [6, 6.07) is 8.57. The highest BCUT2D eigenvalue weighted by Crippen LogP contribution is 2.36. The van der Waals surface area contributed by atoms with E-state index >= 15 is 0 Å². The molecule has 3 rings (SSSR count). The zero-order chi connectivity index (χ0) is 15.0. The number of carbonyl (C=O) groups excluding carboxylic acids is 2. The van der Waals surface area contributed by atoms with Crippen molar-refractivity contribution < 1.29 is 14.3 Å². The lowest BCUT2D eigenvalue weighted by atomic mass is 9.84. The second-order valence-electron chi connectivity index (χ2n) is 5.77. The van der Waals surface area contributed by atoms with Gasteiger partial charge in [-0.3, -0.25) is 9.59 Å². The summed E-state index contributed by atoms with van der Waals surface area (Å²) in [6.45, 7) is 1.74. The van der Waals surface area contributed by atoms with Crippen LogP contribution in [0.5, 0.6) is 0 Å². The molecule has 1 aliphatic heterocycles. The third kappa shape index (κ3) is 2.42. The molecule has 5 heteroatoms. The molecule has 2 aliphatic rings. The molecule has 2 amide bonds. The summed E-state index contributed by atoms with van der Waals surface area (Å²) in [6.07, 6.45) is 1.79. The summed E-state index contributed by atoms with van der Waals surface area (Å²) in [5.41, 5.74) is 0.858. The van der Waals surface area contributed by atoms with Crippen molar-refractivity contribution in [2.75, 3.05) is 7.11 Å². The Morgan fingerprint density at radius 1 is 1.19 bits per heavy atom. The number of ether oxygens (including phenoxy) is 1. The molecule has 2 unspecified atom stereocenters. The van der Waals surface area contributed by atoms with E-state index in [-0.39, 0.29) is 24.0 Å². The molecule has 0 spiro atoms. The van der Waals surface area contributed by atoms with Gasteiger partial charge in [-0.05, 0) is 25.3 Å². The van der Waals surface area contributed by atoms with Crippen molar-refractivity contribution in [3.8, 4) is 0 Å². The fourth-order valence-electron chi connectivity index (χ4n) is 3.13. The zero-order valence-electron chi connectivity index (χ0n) is 12.3. The first-order valence-electron chi connectivity index (χ1n) is 7.32. The number of benzene rings is 1. The molecule has 2 atom stereocenters. The summed E-state index contributed by atoms with van der Waals surface area (Å²) >= 11 is 0. The molecule has 1 aromatic carbocycles. The Labute approximate surface area is 124 Å². The fourth-order valence-corrected chi connectivity index (χ4v) is 3.13. The number of nitrogens with zero attached hydrogens (tertiary/aromatic N) is 1. The largest absolute Gasteiger partial charge is 0.381 e. The van der Waals surface area contributed by atoms with E-state index in [1.165, 1.54) is 0 Å². The van der Waals surface area contributed by atoms with Crippen molar-refractivity contribution >= 4 is 11.8 Å². The zero-order valence-corrected chi connectivity index (χ0v) is 12.3. The first-order valence-corrected chi connectivity index (χ1v) is 7.32. The highest BCUT2D eigenvalue weighted by molar-refractivity contribution is 5.97. The van der Waals surface area contributed by atoms with E-state index in [1.54, 1.807) is 18.9 Å². The van der Waals surface area contributed by atoms with E-state index in [9.17, 15) is 9.59 Å². The molecular weight excluding hydrogens is 268 g/mol. The Bertz CT molecular complexity index is 540. The Hall–Kier alpha value is -1.88. The van der Waals surface area contributed by atoms with E-state index in [1.807, 2.05) is 30.3 Å². The lowest BCUT2D eigenvalue weighted by Crippen LogP contribution is -2.63. The molecule has 21 heavy (non-hydrogen) atoms. The second-order valence-corrected chi connectivity index (χ2v) is 5.77. The Kier molecular flexibility index (Phi) is 3.68. The molecule has 5 nitrogen and oxygen atoms in total. The van der Waals surface area contributed by atoms with Gasteiger partial charge in [0.15, 0.2) is 0 Å². The van der Waals surface area contributed by atoms with Crippen molar-refractivity contribution in [3.05, 3.63) is 35.9 Å². The van der Waals surface area contributed by atoms with Crippen LogP contribution >= 0.6 is 0 Å². The molecule has 1 saturated heterocycles. The van der Waals surface area contributed by atoms with Crippen molar-refractivity contribution in [1.82, 2.24) is 10.2 Å². The minimum Gasteiger partial charge on any atom is -0.381 e. The van der Waals surface area contributed by atoms with Crippen LogP contribution in [0.15, 0.2) is 30.3 Å². The number of hydrogen-bond donors (Lipinski definition) is 1. The van der Waals surface area contributed by atoms with Gasteiger partial charge in [0.1, 0.15) is 12.1 Å². The molecule has 112 valence electrons. The predicted molar refractivity (Wildman–Crippen MR) is 77.5 cm³/mol. The molecule has 1 aromatic rings. The molecule has 1 heterocycles. The van der Waals surface area contributed by atoms with Gasteiger partial charge in [-0.2, -0.15) is 0 Å². The minimum absolute atomic E-state index is 0.0111. The smallest absolute Gasteiger partial charge is 0.248 e. The SMILES string of the molecule is COC1CC(N2C(=O)C(C)NC(=O)C2c2ccccc2)C1. The van der Waals surface area contributed by atoms with Crippen molar-refractivity contribution in [3.63, 3.8) is 0 Å². The Morgan fingerprint density at radius 2 is 1.86 bits per heavy atom. The third-order valence-corrected chi connectivity index (χ3v) is 4.42. The third-order valence-electron chi connectivity index (χ3n) is 4.42. The highest BCUT2D eigenvalue weighted by Gasteiger charge is 2.46. The van der Waals surface area contributed by atoms with Crippen LogP contribution in [0.2, 0.25) is 0 Å². The molecule has 1 aliphatic carbocycles. The van der Waals surface area contributed by atoms with E-state index in [4.69, 9.17) is 4.74 Å². The van der Waals surface area contributed by atoms with E-state index in [2.05, 4.69) is 5.32 Å². The fraction of sp³-hybridized carbons (Fsp3) is 0.500. The van der Waals surface area contributed by atoms with Crippen molar-refractivity contribution in [1.29, 1.82) is 0 Å². The summed E-state index contributed by atoms with van der Waals surface area (Å²) in [4.78, 5) is 26.7. The number of carbonyl (C=O) groups is 2. The summed E-state index contributed by atoms with van der Waals surface area (Å²) in [7, 11) is 1.68. The number of hydrogen-bond acceptors (Lipinski definition) is 3. The van der Waals surface area contributed by atoms with Crippen LogP contribution in [0.1, 0.15) is 31.4 Å². The van der Waals surface area contributed by atoms with Crippen LogP contribution < -0.4 is 5.32 Å². The molecule has 2 fully saturated rings. The number of nitrogens with one attached hydrogen (secondary N) is 1. The predicted octanol–water partition coefficient (Wildman–Crippen LogP) is 1.25. The van der Waals surface area contributed by atoms with Gasteiger partial charge >= 0.3 is 0 Å². The van der Waals surface area contributed by atoms with E-state index in [0.717, 1.165) is 18.4 Å². The van der Waals surface area contributed by atoms with E-state index in [0.29, 0.717) is 0 Å². The van der Waals surface area contributed by atoms with Crippen LogP contribution in [-0.2, 0) is 14.3 Å². The summed E-state index contributed by atoms with van der Waals surface area (Å²) < 4.78 is 5.30. The maximum absolute atomic E-state index is 12.6. The quantitative estimate of drug-likeness (QED) is 0.910. The van der Waals surface area contributed by atoms with Gasteiger partial charge in [0.05, 0.1) is 6.10 Å². The van der Waals surface area contributed by atoms with Crippen LogP contribution in [-0.4, -0.2) is 42.0 Å². The van der Waals surface area contributed by atoms with E-state index < -0.39 is 12.1 Å². The van der Waals surface area contributed by atoms with Gasteiger partial charge in [-0.1, -0.05) is 30.3 Å². The molecule has 0 bridgehead atoms. The van der Waals surface area contributed by atoms with Crippen molar-refractivity contribution in [2.45, 2.75) is 44.0 Å². The topological polar surface area (TPSA) is 58.6 Å². The standard InChI is InChI=1S/C16H20N2O3/c1-10-16(20)18(12-8-13(9-12)21-2)14(15(19)17-10)11-6-4-3-5-7-11/h3-7,10,12-14H,8-9H2,1-2H3,(H,17,19). The van der Waals surface area contributed by atoms with Gasteiger partial charge in [0.25, 0.3) is 0 Å². The highest BCUT2D eigenvalue weighted by atomic mass is 16.5. The number of piperazine rings is 1. The molecular formula is C16H20N2O3. The normalized spacial score (nSPS) is 32.6. The average Bonchev–Trinajstić information content (AvgIpc) is 2.44. The van der Waals surface area contributed by atoms with Gasteiger partial charge < -0.3 is 15.0 Å². The lowest BCUT2D eigenvalue weighted by molar-refractivity contribution is -0.158. The maximum Gasteiger partial charge on any atom is 0.248 e. The molecule has 1 saturated carbocycles. The average molecular weight is 288 g/mol. The second kappa shape index (κ2) is 5.48. The maximum atomic E-state index is 12.6. The van der Waals surface area contributed by atoms with Crippen LogP contribution in [0.4, 0.5) is 0 Å². The number of rotatable bonds is 3. The summed E-state index contributed by atoms with van der Waals surface area (Å²) in [5, 5.41) is 2.77. The van der Waals surface area contributed by atoms with Crippen LogP contribution in [0, 0.1) is 0 Å². The Balaban J connectivity index is 1.90. The monoisotopic (exact) mass is 288 g/mol. The Morgan fingerprint density at radius 3 is 2.48 bits per heavy atom. The van der Waals surface area contributed by atoms with Crippen LogP contribution in [0.3, 0.4) is 0 Å². The lowest BCUT2D eigenvalue weighted by Gasteiger charge is -2.48.